The monoisotopic (exact) mass is 993 g/mol. The van der Waals surface area contributed by atoms with Gasteiger partial charge in [-0.05, 0) is 31.5 Å². The van der Waals surface area contributed by atoms with Crippen molar-refractivity contribution in [3.05, 3.63) is 24.3 Å². The van der Waals surface area contributed by atoms with Crippen LogP contribution in [-0.2, 0) is 14.2 Å². The molecule has 1 aliphatic rings. The molecule has 1 amide bonds. The van der Waals surface area contributed by atoms with Crippen molar-refractivity contribution < 1.29 is 49.3 Å². The summed E-state index contributed by atoms with van der Waals surface area (Å²) >= 11 is 0. The maximum atomic E-state index is 12.6. The van der Waals surface area contributed by atoms with Crippen LogP contribution >= 0.6 is 0 Å². The Morgan fingerprint density at radius 3 is 1.43 bits per heavy atom. The molecule has 0 unspecified atom stereocenters. The van der Waals surface area contributed by atoms with Crippen LogP contribution in [0.25, 0.3) is 0 Å². The average molecular weight is 994 g/mol. The number of hydrogen-bond acceptors (Lipinski definition) is 11. The molecule has 1 aromatic carbocycles. The van der Waals surface area contributed by atoms with Crippen molar-refractivity contribution in [2.45, 2.75) is 300 Å². The Hall–Kier alpha value is -2.03. The van der Waals surface area contributed by atoms with Gasteiger partial charge in [-0.15, -0.1) is 0 Å². The van der Waals surface area contributed by atoms with Crippen molar-refractivity contribution in [2.24, 2.45) is 0 Å². The Morgan fingerprint density at radius 1 is 0.571 bits per heavy atom. The number of benzene rings is 1. The first-order valence-electron chi connectivity index (χ1n) is 29.2. The molecule has 1 aliphatic heterocycles. The number of aliphatic hydroxyl groups excluding tert-OH is 5. The number of para-hydroxylation sites is 2. The van der Waals surface area contributed by atoms with E-state index in [1.54, 1.807) is 24.3 Å². The number of rotatable bonds is 48. The van der Waals surface area contributed by atoms with Crippen LogP contribution in [-0.4, -0.2) is 107 Å². The molecule has 1 saturated heterocycles. The molecule has 0 saturated carbocycles. The number of aliphatic hydroxyl groups is 5. The third-order valence-corrected chi connectivity index (χ3v) is 14.4. The second-order valence-electron chi connectivity index (χ2n) is 20.7. The largest absolute Gasteiger partial charge is 0.495 e. The summed E-state index contributed by atoms with van der Waals surface area (Å²) < 4.78 is 22.4. The van der Waals surface area contributed by atoms with Gasteiger partial charge in [0.1, 0.15) is 36.8 Å². The SMILES string of the molecule is CCCCCCCCCCCCCCCCCCCCCCCCCCN[C@@H](CO[C@@H]1O[C@H](COC(=O)Nc2ccccc2OC)[C@H](O)[C@H](O)[C@H]1O)[C@H](O)[C@H](O)CCCCCCCCCCCCCC. The van der Waals surface area contributed by atoms with Gasteiger partial charge in [0.15, 0.2) is 6.29 Å². The van der Waals surface area contributed by atoms with Crippen molar-refractivity contribution in [3.8, 4) is 5.75 Å². The highest BCUT2D eigenvalue weighted by atomic mass is 16.7. The second-order valence-corrected chi connectivity index (χ2v) is 20.7. The predicted molar refractivity (Wildman–Crippen MR) is 287 cm³/mol. The highest BCUT2D eigenvalue weighted by Gasteiger charge is 2.45. The van der Waals surface area contributed by atoms with Crippen LogP contribution in [0.4, 0.5) is 10.5 Å². The van der Waals surface area contributed by atoms with Gasteiger partial charge in [0.2, 0.25) is 0 Å². The Labute approximate surface area is 427 Å². The van der Waals surface area contributed by atoms with E-state index in [0.29, 0.717) is 24.4 Å². The van der Waals surface area contributed by atoms with E-state index >= 15 is 0 Å². The molecule has 12 heteroatoms. The van der Waals surface area contributed by atoms with Gasteiger partial charge in [-0.2, -0.15) is 0 Å². The Bertz CT molecular complexity index is 1330. The summed E-state index contributed by atoms with van der Waals surface area (Å²) in [7, 11) is 1.48. The molecule has 7 N–H and O–H groups in total. The van der Waals surface area contributed by atoms with Crippen LogP contribution in [0.5, 0.6) is 5.75 Å². The molecule has 0 radical (unpaired) electrons. The van der Waals surface area contributed by atoms with E-state index in [2.05, 4.69) is 24.5 Å². The maximum Gasteiger partial charge on any atom is 0.411 e. The van der Waals surface area contributed by atoms with Crippen LogP contribution in [0.1, 0.15) is 251 Å². The first-order chi connectivity index (χ1) is 34.2. The van der Waals surface area contributed by atoms with Crippen LogP contribution in [0.3, 0.4) is 0 Å². The number of anilines is 1. The molecular formula is C58H108N2O10. The van der Waals surface area contributed by atoms with Gasteiger partial charge in [-0.25, -0.2) is 4.79 Å². The zero-order valence-electron chi connectivity index (χ0n) is 45.0. The fourth-order valence-electron chi connectivity index (χ4n) is 9.73. The highest BCUT2D eigenvalue weighted by molar-refractivity contribution is 5.86. The van der Waals surface area contributed by atoms with Gasteiger partial charge in [0, 0.05) is 0 Å². The Morgan fingerprint density at radius 2 is 0.986 bits per heavy atom. The first kappa shape index (κ1) is 64.1. The molecule has 2 rings (SSSR count). The lowest BCUT2D eigenvalue weighted by Gasteiger charge is -2.40. The van der Waals surface area contributed by atoms with E-state index in [-0.39, 0.29) is 6.61 Å². The van der Waals surface area contributed by atoms with Gasteiger partial charge in [-0.1, -0.05) is 251 Å². The van der Waals surface area contributed by atoms with Crippen LogP contribution in [0, 0.1) is 0 Å². The number of carbonyl (C=O) groups is 1. The summed E-state index contributed by atoms with van der Waals surface area (Å²) in [6.45, 7) is 4.58. The van der Waals surface area contributed by atoms with Gasteiger partial charge in [0.25, 0.3) is 0 Å². The van der Waals surface area contributed by atoms with E-state index in [0.717, 1.165) is 38.5 Å². The molecule has 0 aliphatic carbocycles. The number of nitrogens with one attached hydrogen (secondary N) is 2. The Kier molecular flexibility index (Phi) is 40.7. The lowest BCUT2D eigenvalue weighted by atomic mass is 9.98. The lowest BCUT2D eigenvalue weighted by molar-refractivity contribution is -0.302. The molecule has 0 bridgehead atoms. The van der Waals surface area contributed by atoms with E-state index in [1.807, 2.05) is 0 Å². The summed E-state index contributed by atoms with van der Waals surface area (Å²) in [6.07, 6.45) is 36.8. The van der Waals surface area contributed by atoms with Crippen LogP contribution in [0.2, 0.25) is 0 Å². The number of unbranched alkanes of at least 4 members (excludes halogenated alkanes) is 34. The minimum absolute atomic E-state index is 0.136. The van der Waals surface area contributed by atoms with Crippen molar-refractivity contribution in [3.63, 3.8) is 0 Å². The highest BCUT2D eigenvalue weighted by Crippen LogP contribution is 2.26. The fourth-order valence-corrected chi connectivity index (χ4v) is 9.73. The van der Waals surface area contributed by atoms with Crippen molar-refractivity contribution in [1.82, 2.24) is 5.32 Å². The fraction of sp³-hybridized carbons (Fsp3) is 0.879. The standard InChI is InChI=1S/C58H108N2O10/c1-4-6-8-10-12-14-16-18-19-20-21-22-23-24-25-26-27-28-29-31-33-35-37-41-45-59-49(53(62)50(61)43-38-36-34-32-30-17-15-13-11-9-7-5-2)46-68-57-56(65)55(64)54(63)52(70-57)47-69-58(66)60-48-42-39-40-44-51(48)67-3/h39-40,42,44,49-50,52-57,59,61-65H,4-38,41,43,45-47H2,1-3H3,(H,60,66)/t49-,50+,52+,53-,54-,55-,56+,57+/m0/s1. The summed E-state index contributed by atoms with van der Waals surface area (Å²) in [5, 5.41) is 60.8. The van der Waals surface area contributed by atoms with E-state index in [1.165, 1.54) is 200 Å². The zero-order chi connectivity index (χ0) is 50.7. The quantitative estimate of drug-likeness (QED) is 0.0309. The first-order valence-corrected chi connectivity index (χ1v) is 29.2. The molecule has 8 atom stereocenters. The van der Waals surface area contributed by atoms with Gasteiger partial charge < -0.3 is 49.8 Å². The molecule has 0 aromatic heterocycles. The van der Waals surface area contributed by atoms with Gasteiger partial charge >= 0.3 is 6.09 Å². The molecule has 410 valence electrons. The smallest absolute Gasteiger partial charge is 0.411 e. The minimum Gasteiger partial charge on any atom is -0.495 e. The van der Waals surface area contributed by atoms with E-state index < -0.39 is 61.7 Å². The topological polar surface area (TPSA) is 179 Å². The molecule has 70 heavy (non-hydrogen) atoms. The Balaban J connectivity index is 1.70. The number of carbonyl (C=O) groups excluding carboxylic acids is 1. The van der Waals surface area contributed by atoms with Gasteiger partial charge in [0.05, 0.1) is 37.7 Å². The summed E-state index contributed by atoms with van der Waals surface area (Å²) in [5.74, 6) is 0.436. The summed E-state index contributed by atoms with van der Waals surface area (Å²) in [4.78, 5) is 12.6. The third kappa shape index (κ3) is 31.5. The van der Waals surface area contributed by atoms with E-state index in [4.69, 9.17) is 18.9 Å². The van der Waals surface area contributed by atoms with Crippen molar-refractivity contribution in [1.29, 1.82) is 0 Å². The predicted octanol–water partition coefficient (Wildman–Crippen LogP) is 13.2. The zero-order valence-corrected chi connectivity index (χ0v) is 45.0. The van der Waals surface area contributed by atoms with Crippen LogP contribution in [0.15, 0.2) is 24.3 Å². The van der Waals surface area contributed by atoms with Crippen molar-refractivity contribution >= 4 is 11.8 Å². The molecule has 1 heterocycles. The third-order valence-electron chi connectivity index (χ3n) is 14.4. The molecule has 0 spiro atoms. The van der Waals surface area contributed by atoms with Gasteiger partial charge in [-0.3, -0.25) is 5.32 Å². The summed E-state index contributed by atoms with van der Waals surface area (Å²) in [5.41, 5.74) is 0.390. The number of hydrogen-bond donors (Lipinski definition) is 7. The number of amides is 1. The maximum absolute atomic E-state index is 12.6. The molecular weight excluding hydrogens is 885 g/mol. The minimum atomic E-state index is -1.64. The summed E-state index contributed by atoms with van der Waals surface area (Å²) in [6, 6.07) is 6.14. The average Bonchev–Trinajstić information content (AvgIpc) is 3.36. The number of methoxy groups -OCH3 is 1. The molecule has 12 nitrogen and oxygen atoms in total. The van der Waals surface area contributed by atoms with E-state index in [9.17, 15) is 30.3 Å². The molecule has 1 fully saturated rings. The van der Waals surface area contributed by atoms with Crippen LogP contribution < -0.4 is 15.4 Å². The second kappa shape index (κ2) is 44.5. The molecule has 1 aromatic rings. The van der Waals surface area contributed by atoms with Crippen molar-refractivity contribution in [2.75, 3.05) is 32.2 Å². The normalized spacial score (nSPS) is 19.5. The number of ether oxygens (including phenoxy) is 4. The lowest BCUT2D eigenvalue weighted by Crippen LogP contribution is -2.60.